The first-order valence-corrected chi connectivity index (χ1v) is 8.37. The Bertz CT molecular complexity index is 494. The number of carbonyl (C=O) groups is 1. The summed E-state index contributed by atoms with van der Waals surface area (Å²) in [6.07, 6.45) is 0.222. The minimum Gasteiger partial charge on any atom is -0.481 e. The van der Waals surface area contributed by atoms with Gasteiger partial charge >= 0.3 is 123 Å². The maximum absolute atomic E-state index is 10.2. The van der Waals surface area contributed by atoms with Crippen molar-refractivity contribution >= 4 is 36.7 Å². The maximum Gasteiger partial charge on any atom is 0.303 e. The Morgan fingerprint density at radius 2 is 1.52 bits per heavy atom. The minimum absolute atomic E-state index is 0.00447. The second-order valence-electron chi connectivity index (χ2n) is 7.44. The zero-order chi connectivity index (χ0) is 17.0. The number of benzene rings is 1. The van der Waals surface area contributed by atoms with Crippen molar-refractivity contribution in [2.75, 3.05) is 0 Å². The van der Waals surface area contributed by atoms with Crippen molar-refractivity contribution in [1.82, 2.24) is 0 Å². The molecule has 1 aromatic rings. The largest absolute Gasteiger partial charge is 0.481 e. The van der Waals surface area contributed by atoms with E-state index in [1.807, 2.05) is 0 Å². The molecule has 0 spiro atoms. The molecule has 0 saturated heterocycles. The number of phenols is 1. The fraction of sp³-hybridized carbons (Fsp3) is 0.588. The first kappa shape index (κ1) is 20.5. The summed E-state index contributed by atoms with van der Waals surface area (Å²) in [6.45, 7) is 14.7. The zero-order valence-corrected chi connectivity index (χ0v) is 16.7. The van der Waals surface area contributed by atoms with Crippen LogP contribution in [0.2, 0.25) is 0 Å². The molecule has 0 aliphatic carbocycles. The van der Waals surface area contributed by atoms with Crippen molar-refractivity contribution in [3.05, 3.63) is 23.3 Å². The van der Waals surface area contributed by atoms with Crippen LogP contribution in [-0.2, 0) is 15.6 Å². The molecule has 0 amide bonds. The Kier molecular flexibility index (Phi) is 7.48. The SMILES string of the molecule is CC(C)(C)c1c[c]([Na])c(O)c(C(C)(C)C)c1.CCC(=O)O. The molecule has 0 atom stereocenters. The Labute approximate surface area is 146 Å². The molecule has 1 rings (SSSR count). The fourth-order valence-corrected chi connectivity index (χ4v) is 2.36. The van der Waals surface area contributed by atoms with E-state index in [4.69, 9.17) is 5.11 Å². The molecule has 0 aliphatic heterocycles. The molecule has 0 radical (unpaired) electrons. The first-order valence-electron chi connectivity index (χ1n) is 7.37. The van der Waals surface area contributed by atoms with Gasteiger partial charge in [0.05, 0.1) is 0 Å². The number of hydrogen-bond donors (Lipinski definition) is 2. The van der Waals surface area contributed by atoms with Crippen LogP contribution in [0.1, 0.15) is 66.0 Å². The van der Waals surface area contributed by atoms with Crippen molar-refractivity contribution < 1.29 is 15.0 Å². The van der Waals surface area contributed by atoms with Gasteiger partial charge in [-0.05, 0) is 0 Å². The normalized spacial score (nSPS) is 11.7. The van der Waals surface area contributed by atoms with E-state index in [2.05, 4.69) is 53.7 Å². The smallest absolute Gasteiger partial charge is 0.303 e. The monoisotopic (exact) mass is 302 g/mol. The van der Waals surface area contributed by atoms with Crippen LogP contribution < -0.4 is 2.81 Å². The van der Waals surface area contributed by atoms with Gasteiger partial charge in [0.15, 0.2) is 0 Å². The van der Waals surface area contributed by atoms with Gasteiger partial charge in [-0.2, -0.15) is 0 Å². The summed E-state index contributed by atoms with van der Waals surface area (Å²) in [5.41, 5.74) is 2.54. The molecule has 0 aromatic heterocycles. The Hall–Kier alpha value is -0.510. The second kappa shape index (κ2) is 7.66. The zero-order valence-electron chi connectivity index (χ0n) is 14.7. The van der Waals surface area contributed by atoms with Crippen LogP contribution >= 0.6 is 0 Å². The molecule has 21 heavy (non-hydrogen) atoms. The van der Waals surface area contributed by atoms with Crippen LogP contribution in [0.5, 0.6) is 5.75 Å². The molecular formula is C17H27NaO3. The topological polar surface area (TPSA) is 57.5 Å². The summed E-state index contributed by atoms with van der Waals surface area (Å²) in [7, 11) is 0. The van der Waals surface area contributed by atoms with Crippen LogP contribution in [0.3, 0.4) is 0 Å². The van der Waals surface area contributed by atoms with E-state index in [0.717, 1.165) is 36.3 Å². The van der Waals surface area contributed by atoms with Gasteiger partial charge in [-0.15, -0.1) is 0 Å². The molecule has 0 fully saturated rings. The summed E-state index contributed by atoms with van der Waals surface area (Å²) in [5.74, 6) is -0.239. The van der Waals surface area contributed by atoms with Crippen LogP contribution in [0.15, 0.2) is 12.1 Å². The van der Waals surface area contributed by atoms with Crippen molar-refractivity contribution in [1.29, 1.82) is 0 Å². The van der Waals surface area contributed by atoms with E-state index in [-0.39, 0.29) is 17.3 Å². The Balaban J connectivity index is 0.000000690. The average molecular weight is 302 g/mol. The molecule has 4 heteroatoms. The molecule has 0 unspecified atom stereocenters. The van der Waals surface area contributed by atoms with Gasteiger partial charge in [0.2, 0.25) is 0 Å². The molecule has 114 valence electrons. The maximum atomic E-state index is 10.2. The molecule has 3 nitrogen and oxygen atoms in total. The number of hydrogen-bond acceptors (Lipinski definition) is 2. The van der Waals surface area contributed by atoms with Crippen LogP contribution in [-0.4, -0.2) is 44.1 Å². The second-order valence-corrected chi connectivity index (χ2v) is 8.51. The summed E-state index contributed by atoms with van der Waals surface area (Å²) in [4.78, 5) is 9.37. The molecule has 0 heterocycles. The predicted octanol–water partition coefficient (Wildman–Crippen LogP) is 3.26. The number of phenolic OH excluding ortho intramolecular Hbond substituents is 1. The van der Waals surface area contributed by atoms with Gasteiger partial charge in [-0.25, -0.2) is 0 Å². The third-order valence-corrected chi connectivity index (χ3v) is 4.04. The van der Waals surface area contributed by atoms with Crippen molar-refractivity contribution in [2.45, 2.75) is 65.7 Å². The minimum atomic E-state index is -0.745. The fourth-order valence-electron chi connectivity index (χ4n) is 1.78. The van der Waals surface area contributed by atoms with Crippen LogP contribution in [0.4, 0.5) is 0 Å². The van der Waals surface area contributed by atoms with Gasteiger partial charge in [0, 0.05) is 6.42 Å². The molecule has 2 N–H and O–H groups in total. The number of aromatic hydroxyl groups is 1. The van der Waals surface area contributed by atoms with Gasteiger partial charge in [0.25, 0.3) is 0 Å². The van der Waals surface area contributed by atoms with Gasteiger partial charge in [0.1, 0.15) is 0 Å². The van der Waals surface area contributed by atoms with E-state index in [1.165, 1.54) is 5.56 Å². The molecule has 0 aliphatic rings. The van der Waals surface area contributed by atoms with E-state index >= 15 is 0 Å². The first-order chi connectivity index (χ1) is 9.30. The van der Waals surface area contributed by atoms with Gasteiger partial charge < -0.3 is 5.11 Å². The Morgan fingerprint density at radius 3 is 1.81 bits per heavy atom. The molecule has 1 aromatic carbocycles. The van der Waals surface area contributed by atoms with Gasteiger partial charge in [-0.3, -0.25) is 4.79 Å². The number of aliphatic carboxylic acids is 1. The van der Waals surface area contributed by atoms with Crippen molar-refractivity contribution in [3.8, 4) is 5.75 Å². The van der Waals surface area contributed by atoms with Gasteiger partial charge in [-0.1, -0.05) is 6.92 Å². The van der Waals surface area contributed by atoms with Crippen molar-refractivity contribution in [3.63, 3.8) is 0 Å². The van der Waals surface area contributed by atoms with Crippen LogP contribution in [0.25, 0.3) is 0 Å². The Morgan fingerprint density at radius 1 is 1.10 bits per heavy atom. The summed E-state index contributed by atoms with van der Waals surface area (Å²) < 4.78 is 1.11. The summed E-state index contributed by atoms with van der Waals surface area (Å²) in [6, 6.07) is 4.31. The summed E-state index contributed by atoms with van der Waals surface area (Å²) in [5, 5.41) is 17.9. The number of carboxylic acids is 1. The third kappa shape index (κ3) is 6.86. The third-order valence-electron chi connectivity index (χ3n) is 3.28. The standard InChI is InChI=1S/C14H21O.C3H6O2.Na/c1-13(2,3)10-7-8-12(15)11(9-10)14(4,5)6;1-2-3(4)5;/h7,9,15H,1-6H3;2H2,1H3,(H,4,5);. The summed E-state index contributed by atoms with van der Waals surface area (Å²) >= 11 is 0.891. The quantitative estimate of drug-likeness (QED) is 0.783. The van der Waals surface area contributed by atoms with E-state index in [9.17, 15) is 9.90 Å². The van der Waals surface area contributed by atoms with E-state index in [1.54, 1.807) is 6.92 Å². The molecule has 0 bridgehead atoms. The molecule has 0 saturated carbocycles. The average Bonchev–Trinajstić information content (AvgIpc) is 2.30. The van der Waals surface area contributed by atoms with Crippen molar-refractivity contribution in [2.24, 2.45) is 0 Å². The number of rotatable bonds is 1. The van der Waals surface area contributed by atoms with E-state index < -0.39 is 5.97 Å². The van der Waals surface area contributed by atoms with E-state index in [0.29, 0.717) is 5.75 Å². The predicted molar refractivity (Wildman–Crippen MR) is 88.8 cm³/mol. The number of carboxylic acid groups (broad SMARTS) is 1. The van der Waals surface area contributed by atoms with Crippen LogP contribution in [0, 0.1) is 0 Å². The molecular weight excluding hydrogens is 275 g/mol.